The summed E-state index contributed by atoms with van der Waals surface area (Å²) in [5.41, 5.74) is 12.2. The number of carbonyl (C=O) groups excluding carboxylic acids is 2. The number of amides is 2. The Morgan fingerprint density at radius 1 is 1.16 bits per heavy atom. The molecule has 132 valence electrons. The molecule has 2 aromatic heterocycles. The van der Waals surface area contributed by atoms with Crippen molar-refractivity contribution in [1.82, 2.24) is 15.0 Å². The number of aryl methyl sites for hydroxylation is 1. The van der Waals surface area contributed by atoms with Crippen LogP contribution in [0, 0.1) is 0 Å². The van der Waals surface area contributed by atoms with Crippen molar-refractivity contribution in [3.63, 3.8) is 0 Å². The lowest BCUT2D eigenvalue weighted by Crippen LogP contribution is -2.35. The Morgan fingerprint density at radius 3 is 2.44 bits per heavy atom. The number of pyridine rings is 1. The topological polar surface area (TPSA) is 149 Å². The number of carbonyl (C=O) groups is 2. The monoisotopic (exact) mass is 343 g/mol. The van der Waals surface area contributed by atoms with Gasteiger partial charge >= 0.3 is 0 Å². The number of nitrogens with zero attached hydrogens (tertiary/aromatic N) is 3. The van der Waals surface area contributed by atoms with Gasteiger partial charge in [-0.05, 0) is 25.0 Å². The first-order chi connectivity index (χ1) is 11.9. The maximum Gasteiger partial charge on any atom is 0.271 e. The number of aromatic nitrogens is 3. The quantitative estimate of drug-likeness (QED) is 0.557. The summed E-state index contributed by atoms with van der Waals surface area (Å²) in [7, 11) is 0. The maximum absolute atomic E-state index is 11.6. The minimum Gasteiger partial charge on any atom is -0.368 e. The highest BCUT2D eigenvalue weighted by Gasteiger charge is 2.17. The minimum absolute atomic E-state index is 0.0164. The Hall–Kier alpha value is -3.23. The van der Waals surface area contributed by atoms with Crippen molar-refractivity contribution in [2.45, 2.75) is 32.7 Å². The predicted octanol–water partition coefficient (Wildman–Crippen LogP) is 0.952. The van der Waals surface area contributed by atoms with E-state index in [2.05, 4.69) is 25.6 Å². The first-order valence-electron chi connectivity index (χ1n) is 7.89. The van der Waals surface area contributed by atoms with Crippen LogP contribution in [0.4, 0.5) is 17.3 Å². The van der Waals surface area contributed by atoms with Crippen molar-refractivity contribution in [2.75, 3.05) is 10.6 Å². The molecule has 1 atom stereocenters. The summed E-state index contributed by atoms with van der Waals surface area (Å²) in [5, 5.41) is 5.86. The summed E-state index contributed by atoms with van der Waals surface area (Å²) in [5.74, 6) is -0.752. The number of primary amides is 2. The van der Waals surface area contributed by atoms with Gasteiger partial charge in [0.15, 0.2) is 11.5 Å². The van der Waals surface area contributed by atoms with Crippen molar-refractivity contribution in [1.29, 1.82) is 0 Å². The van der Waals surface area contributed by atoms with Crippen molar-refractivity contribution >= 4 is 29.1 Å². The van der Waals surface area contributed by atoms with Gasteiger partial charge in [0.25, 0.3) is 5.91 Å². The molecule has 0 aliphatic heterocycles. The van der Waals surface area contributed by atoms with E-state index in [0.717, 1.165) is 12.1 Å². The molecule has 9 nitrogen and oxygen atoms in total. The van der Waals surface area contributed by atoms with Gasteiger partial charge in [0.2, 0.25) is 5.91 Å². The summed E-state index contributed by atoms with van der Waals surface area (Å²) in [6.45, 7) is 3.82. The lowest BCUT2D eigenvalue weighted by Gasteiger charge is -2.15. The first kappa shape index (κ1) is 18.1. The van der Waals surface area contributed by atoms with Crippen LogP contribution in [0.5, 0.6) is 0 Å². The number of anilines is 3. The highest BCUT2D eigenvalue weighted by atomic mass is 16.1. The second-order valence-electron chi connectivity index (χ2n) is 5.34. The number of hydrogen-bond donors (Lipinski definition) is 4. The summed E-state index contributed by atoms with van der Waals surface area (Å²) < 4.78 is 0. The van der Waals surface area contributed by atoms with Gasteiger partial charge < -0.3 is 22.1 Å². The molecular formula is C16H21N7O2. The van der Waals surface area contributed by atoms with Gasteiger partial charge in [-0.25, -0.2) is 9.97 Å². The van der Waals surface area contributed by atoms with E-state index in [1.54, 1.807) is 6.20 Å². The van der Waals surface area contributed by atoms with E-state index in [1.165, 1.54) is 6.20 Å². The molecule has 0 bridgehead atoms. The fourth-order valence-corrected chi connectivity index (χ4v) is 2.12. The molecule has 0 aliphatic rings. The van der Waals surface area contributed by atoms with Crippen molar-refractivity contribution in [3.05, 3.63) is 35.9 Å². The van der Waals surface area contributed by atoms with E-state index >= 15 is 0 Å². The Kier molecular flexibility index (Phi) is 5.83. The van der Waals surface area contributed by atoms with Crippen LogP contribution in [-0.4, -0.2) is 32.8 Å². The zero-order chi connectivity index (χ0) is 18.4. The highest BCUT2D eigenvalue weighted by Crippen LogP contribution is 2.19. The largest absolute Gasteiger partial charge is 0.368 e. The molecule has 0 aliphatic carbocycles. The van der Waals surface area contributed by atoms with E-state index in [1.807, 2.05) is 26.0 Å². The number of hydrogen-bond acceptors (Lipinski definition) is 7. The first-order valence-corrected chi connectivity index (χ1v) is 7.89. The van der Waals surface area contributed by atoms with Gasteiger partial charge in [0.05, 0.1) is 18.1 Å². The normalized spacial score (nSPS) is 11.6. The Balaban J connectivity index is 2.30. The lowest BCUT2D eigenvalue weighted by molar-refractivity contribution is -0.118. The highest BCUT2D eigenvalue weighted by molar-refractivity contribution is 5.96. The maximum atomic E-state index is 11.6. The second-order valence-corrected chi connectivity index (χ2v) is 5.34. The summed E-state index contributed by atoms with van der Waals surface area (Å²) in [6, 6.07) is 3.09. The van der Waals surface area contributed by atoms with Crippen LogP contribution in [0.3, 0.4) is 0 Å². The molecule has 0 saturated carbocycles. The molecule has 2 heterocycles. The van der Waals surface area contributed by atoms with E-state index in [4.69, 9.17) is 11.5 Å². The SMILES string of the molecule is CCc1ccc(Nc2nc(N[C@H](CC)C(N)=O)cnc2C(N)=O)cn1. The van der Waals surface area contributed by atoms with E-state index in [-0.39, 0.29) is 11.5 Å². The van der Waals surface area contributed by atoms with Gasteiger partial charge in [-0.1, -0.05) is 13.8 Å². The zero-order valence-electron chi connectivity index (χ0n) is 14.1. The molecule has 2 rings (SSSR count). The third-order valence-electron chi connectivity index (χ3n) is 3.53. The molecule has 0 spiro atoms. The van der Waals surface area contributed by atoms with Crippen LogP contribution in [0.25, 0.3) is 0 Å². The lowest BCUT2D eigenvalue weighted by atomic mass is 10.2. The molecule has 0 fully saturated rings. The Labute approximate surface area is 145 Å². The van der Waals surface area contributed by atoms with Crippen molar-refractivity contribution in [2.24, 2.45) is 11.5 Å². The molecule has 0 radical (unpaired) electrons. The second kappa shape index (κ2) is 8.04. The third-order valence-corrected chi connectivity index (χ3v) is 3.53. The van der Waals surface area contributed by atoms with Gasteiger partial charge in [-0.2, -0.15) is 0 Å². The fraction of sp³-hybridized carbons (Fsp3) is 0.312. The molecule has 0 saturated heterocycles. The van der Waals surface area contributed by atoms with Crippen LogP contribution in [0.15, 0.2) is 24.5 Å². The van der Waals surface area contributed by atoms with Crippen LogP contribution in [0.1, 0.15) is 36.5 Å². The van der Waals surface area contributed by atoms with Gasteiger partial charge in [0.1, 0.15) is 11.9 Å². The number of rotatable bonds is 8. The van der Waals surface area contributed by atoms with Crippen molar-refractivity contribution in [3.8, 4) is 0 Å². The third kappa shape index (κ3) is 4.63. The van der Waals surface area contributed by atoms with E-state index < -0.39 is 17.9 Å². The number of nitrogens with one attached hydrogen (secondary N) is 2. The molecule has 6 N–H and O–H groups in total. The zero-order valence-corrected chi connectivity index (χ0v) is 14.1. The fourth-order valence-electron chi connectivity index (χ4n) is 2.12. The molecule has 2 aromatic rings. The van der Waals surface area contributed by atoms with E-state index in [9.17, 15) is 9.59 Å². The summed E-state index contributed by atoms with van der Waals surface area (Å²) in [6.07, 6.45) is 4.26. The smallest absolute Gasteiger partial charge is 0.271 e. The van der Waals surface area contributed by atoms with Gasteiger partial charge in [-0.3, -0.25) is 14.6 Å². The molecule has 9 heteroatoms. The molecule has 2 amide bonds. The predicted molar refractivity (Wildman–Crippen MR) is 94.3 cm³/mol. The molecule has 25 heavy (non-hydrogen) atoms. The number of nitrogens with two attached hydrogens (primary N) is 2. The molecule has 0 unspecified atom stereocenters. The van der Waals surface area contributed by atoms with Crippen LogP contribution in [-0.2, 0) is 11.2 Å². The molecule has 0 aromatic carbocycles. The van der Waals surface area contributed by atoms with Gasteiger partial charge in [-0.15, -0.1) is 0 Å². The minimum atomic E-state index is -0.721. The molecular weight excluding hydrogens is 322 g/mol. The van der Waals surface area contributed by atoms with Gasteiger partial charge in [0, 0.05) is 5.69 Å². The van der Waals surface area contributed by atoms with Crippen LogP contribution < -0.4 is 22.1 Å². The van der Waals surface area contributed by atoms with Crippen molar-refractivity contribution < 1.29 is 9.59 Å². The standard InChI is InChI=1S/C16H21N7O2/c1-3-9-5-6-10(7-19-9)21-16-13(15(18)25)20-8-12(23-16)22-11(4-2)14(17)24/h5-8,11H,3-4H2,1-2H3,(H2,17,24)(H2,18,25)(H2,21,22,23)/t11-/m1/s1. The van der Waals surface area contributed by atoms with E-state index in [0.29, 0.717) is 17.9 Å². The Bertz CT molecular complexity index is 762. The average molecular weight is 343 g/mol. The summed E-state index contributed by atoms with van der Waals surface area (Å²) >= 11 is 0. The average Bonchev–Trinajstić information content (AvgIpc) is 2.60. The van der Waals surface area contributed by atoms with Crippen LogP contribution >= 0.6 is 0 Å². The Morgan fingerprint density at radius 2 is 1.92 bits per heavy atom. The summed E-state index contributed by atoms with van der Waals surface area (Å²) in [4.78, 5) is 35.5. The van der Waals surface area contributed by atoms with Crippen LogP contribution in [0.2, 0.25) is 0 Å².